The summed E-state index contributed by atoms with van der Waals surface area (Å²) in [6, 6.07) is 5.40. The molecule has 3 N–H and O–H groups in total. The van der Waals surface area contributed by atoms with Gasteiger partial charge in [0.2, 0.25) is 0 Å². The van der Waals surface area contributed by atoms with Crippen molar-refractivity contribution in [1.82, 2.24) is 4.98 Å². The molecule has 0 atom stereocenters. The van der Waals surface area contributed by atoms with Gasteiger partial charge in [0.05, 0.1) is 16.2 Å². The highest BCUT2D eigenvalue weighted by molar-refractivity contribution is 6.38. The zero-order valence-corrected chi connectivity index (χ0v) is 11.1. The average Bonchev–Trinajstić information content (AvgIpc) is 2.27. The molecule has 0 aliphatic rings. The summed E-state index contributed by atoms with van der Waals surface area (Å²) >= 11 is 12.1. The zero-order chi connectivity index (χ0) is 12.6. The topological polar surface area (TPSA) is 50.9 Å². The zero-order valence-electron chi connectivity index (χ0n) is 9.59. The van der Waals surface area contributed by atoms with Gasteiger partial charge in [-0.1, -0.05) is 37.0 Å². The Balaban J connectivity index is 2.82. The molecule has 2 rings (SSSR count). The largest absolute Gasteiger partial charge is 0.323 e. The van der Waals surface area contributed by atoms with Gasteiger partial charge in [0.15, 0.2) is 0 Å². The Bertz CT molecular complexity index is 567. The second-order valence-corrected chi connectivity index (χ2v) is 5.02. The van der Waals surface area contributed by atoms with Gasteiger partial charge in [-0.25, -0.2) is 0 Å². The third kappa shape index (κ3) is 2.32. The van der Waals surface area contributed by atoms with E-state index in [4.69, 9.17) is 29.0 Å². The summed E-state index contributed by atoms with van der Waals surface area (Å²) in [5.41, 5.74) is 5.10. The Labute approximate surface area is 110 Å². The van der Waals surface area contributed by atoms with Gasteiger partial charge in [-0.2, -0.15) is 0 Å². The monoisotopic (exact) mass is 269 g/mol. The minimum absolute atomic E-state index is 0.304. The van der Waals surface area contributed by atoms with Crippen LogP contribution in [0.4, 0.5) is 5.69 Å². The normalized spacial score (nSPS) is 11.2. The molecule has 0 unspecified atom stereocenters. The van der Waals surface area contributed by atoms with Crippen LogP contribution in [0.15, 0.2) is 18.2 Å². The Kier molecular flexibility index (Phi) is 3.43. The van der Waals surface area contributed by atoms with Gasteiger partial charge >= 0.3 is 0 Å². The van der Waals surface area contributed by atoms with Crippen LogP contribution in [0.1, 0.15) is 25.5 Å². The van der Waals surface area contributed by atoms with Gasteiger partial charge in [0, 0.05) is 16.1 Å². The maximum Gasteiger partial charge on any atom is 0.0913 e. The number of hydrogen-bond donors (Lipinski definition) is 2. The molecule has 0 saturated carbocycles. The van der Waals surface area contributed by atoms with Crippen molar-refractivity contribution in [2.24, 2.45) is 5.84 Å². The predicted molar refractivity (Wildman–Crippen MR) is 73.7 cm³/mol. The van der Waals surface area contributed by atoms with Crippen LogP contribution >= 0.6 is 23.2 Å². The van der Waals surface area contributed by atoms with Gasteiger partial charge in [0.25, 0.3) is 0 Å². The molecule has 0 spiro atoms. The number of nitrogen functional groups attached to an aromatic ring is 1. The van der Waals surface area contributed by atoms with E-state index in [1.54, 1.807) is 12.1 Å². The molecule has 0 bridgehead atoms. The fraction of sp³-hybridized carbons (Fsp3) is 0.250. The first-order valence-electron chi connectivity index (χ1n) is 5.29. The highest BCUT2D eigenvalue weighted by Crippen LogP contribution is 2.32. The molecule has 0 aliphatic heterocycles. The molecular formula is C12H13Cl2N3. The number of aromatic nitrogens is 1. The molecule has 0 aliphatic carbocycles. The van der Waals surface area contributed by atoms with Crippen molar-refractivity contribution < 1.29 is 0 Å². The van der Waals surface area contributed by atoms with Crippen LogP contribution in [-0.4, -0.2) is 4.98 Å². The summed E-state index contributed by atoms with van der Waals surface area (Å²) in [6.45, 7) is 4.14. The van der Waals surface area contributed by atoms with Gasteiger partial charge < -0.3 is 5.43 Å². The summed E-state index contributed by atoms with van der Waals surface area (Å²) in [5.74, 6) is 5.83. The van der Waals surface area contributed by atoms with Crippen LogP contribution in [0.25, 0.3) is 10.9 Å². The van der Waals surface area contributed by atoms with Crippen LogP contribution in [0, 0.1) is 0 Å². The quantitative estimate of drug-likeness (QED) is 0.641. The molecule has 3 nitrogen and oxygen atoms in total. The summed E-state index contributed by atoms with van der Waals surface area (Å²) in [6.07, 6.45) is 0. The van der Waals surface area contributed by atoms with E-state index in [-0.39, 0.29) is 0 Å². The third-order valence-corrected chi connectivity index (χ3v) is 3.10. The maximum atomic E-state index is 6.15. The number of hydrogen-bond acceptors (Lipinski definition) is 3. The number of rotatable bonds is 2. The van der Waals surface area contributed by atoms with Crippen molar-refractivity contribution in [1.29, 1.82) is 0 Å². The summed E-state index contributed by atoms with van der Waals surface area (Å²) in [4.78, 5) is 4.54. The van der Waals surface area contributed by atoms with E-state index in [1.165, 1.54) is 0 Å². The average molecular weight is 270 g/mol. The smallest absolute Gasteiger partial charge is 0.0913 e. The number of benzene rings is 1. The highest BCUT2D eigenvalue weighted by atomic mass is 35.5. The molecule has 2 aromatic rings. The molecular weight excluding hydrogens is 257 g/mol. The van der Waals surface area contributed by atoms with Crippen molar-refractivity contribution in [3.05, 3.63) is 33.9 Å². The van der Waals surface area contributed by atoms with Crippen LogP contribution in [0.5, 0.6) is 0 Å². The van der Waals surface area contributed by atoms with E-state index in [1.807, 2.05) is 6.07 Å². The minimum Gasteiger partial charge on any atom is -0.323 e. The molecule has 5 heteroatoms. The lowest BCUT2D eigenvalue weighted by Crippen LogP contribution is -2.09. The fourth-order valence-electron chi connectivity index (χ4n) is 1.69. The first kappa shape index (κ1) is 12.4. The Morgan fingerprint density at radius 1 is 1.24 bits per heavy atom. The number of nitrogens with one attached hydrogen (secondary N) is 1. The number of pyridine rings is 1. The van der Waals surface area contributed by atoms with Crippen LogP contribution in [0.3, 0.4) is 0 Å². The first-order chi connectivity index (χ1) is 8.02. The molecule has 90 valence electrons. The molecule has 1 aromatic carbocycles. The summed E-state index contributed by atoms with van der Waals surface area (Å²) in [5, 5.41) is 1.93. The maximum absolute atomic E-state index is 6.15. The molecule has 0 fully saturated rings. The highest BCUT2D eigenvalue weighted by Gasteiger charge is 2.11. The molecule has 0 saturated heterocycles. The van der Waals surface area contributed by atoms with E-state index in [0.29, 0.717) is 16.0 Å². The van der Waals surface area contributed by atoms with Gasteiger partial charge in [-0.15, -0.1) is 0 Å². The van der Waals surface area contributed by atoms with E-state index in [9.17, 15) is 0 Å². The number of hydrazine groups is 1. The van der Waals surface area contributed by atoms with Crippen molar-refractivity contribution in [2.45, 2.75) is 19.8 Å². The molecule has 1 heterocycles. The van der Waals surface area contributed by atoms with E-state index in [0.717, 1.165) is 22.3 Å². The Morgan fingerprint density at radius 3 is 2.53 bits per heavy atom. The van der Waals surface area contributed by atoms with Gasteiger partial charge in [-0.05, 0) is 24.1 Å². The van der Waals surface area contributed by atoms with Crippen LogP contribution < -0.4 is 11.3 Å². The number of fused-ring (bicyclic) bond motifs is 1. The Morgan fingerprint density at radius 2 is 1.94 bits per heavy atom. The van der Waals surface area contributed by atoms with Crippen molar-refractivity contribution >= 4 is 39.8 Å². The van der Waals surface area contributed by atoms with Gasteiger partial charge in [-0.3, -0.25) is 10.8 Å². The molecule has 0 amide bonds. The van der Waals surface area contributed by atoms with E-state index in [2.05, 4.69) is 24.3 Å². The van der Waals surface area contributed by atoms with E-state index >= 15 is 0 Å². The molecule has 1 aromatic heterocycles. The summed E-state index contributed by atoms with van der Waals surface area (Å²) in [7, 11) is 0. The molecule has 0 radical (unpaired) electrons. The first-order valence-corrected chi connectivity index (χ1v) is 6.05. The van der Waals surface area contributed by atoms with Crippen molar-refractivity contribution in [3.63, 3.8) is 0 Å². The third-order valence-electron chi connectivity index (χ3n) is 2.60. The van der Waals surface area contributed by atoms with Crippen molar-refractivity contribution in [2.75, 3.05) is 5.43 Å². The number of halogens is 2. The predicted octanol–water partition coefficient (Wildman–Crippen LogP) is 3.95. The SMILES string of the molecule is CC(C)c1cc(NN)c2cc(Cl)cc(Cl)c2n1. The number of anilines is 1. The number of nitrogens with zero attached hydrogens (tertiary/aromatic N) is 1. The second-order valence-electron chi connectivity index (χ2n) is 4.18. The fourth-order valence-corrected chi connectivity index (χ4v) is 2.22. The Hall–Kier alpha value is -1.03. The van der Waals surface area contributed by atoms with Gasteiger partial charge in [0.1, 0.15) is 0 Å². The standard InChI is InChI=1S/C12H13Cl2N3/c1-6(2)10-5-11(17-15)8-3-7(13)4-9(14)12(8)16-10/h3-6H,15H2,1-2H3,(H,16,17). The number of nitrogens with two attached hydrogens (primary N) is 1. The second kappa shape index (κ2) is 4.69. The molecule has 17 heavy (non-hydrogen) atoms. The van der Waals surface area contributed by atoms with Crippen LogP contribution in [0.2, 0.25) is 10.0 Å². The lowest BCUT2D eigenvalue weighted by atomic mass is 10.1. The summed E-state index contributed by atoms with van der Waals surface area (Å²) < 4.78 is 0. The van der Waals surface area contributed by atoms with Crippen LogP contribution in [-0.2, 0) is 0 Å². The van der Waals surface area contributed by atoms with Crippen molar-refractivity contribution in [3.8, 4) is 0 Å². The van der Waals surface area contributed by atoms with E-state index < -0.39 is 0 Å². The minimum atomic E-state index is 0.304. The lowest BCUT2D eigenvalue weighted by Gasteiger charge is -2.12. The lowest BCUT2D eigenvalue weighted by molar-refractivity contribution is 0.830.